The molecule has 1 N–H and O–H groups in total. The Bertz CT molecular complexity index is 821. The molecule has 1 atom stereocenters. The molecule has 2 amide bonds. The van der Waals surface area contributed by atoms with E-state index in [9.17, 15) is 9.59 Å². The largest absolute Gasteiger partial charge is 0.446 e. The zero-order chi connectivity index (χ0) is 21.9. The highest BCUT2D eigenvalue weighted by Gasteiger charge is 2.34. The number of nitrogens with zero attached hydrogens (tertiary/aromatic N) is 2. The number of likely N-dealkylation sites (tertiary alicyclic amines) is 1. The van der Waals surface area contributed by atoms with E-state index in [4.69, 9.17) is 9.15 Å². The number of hydrogen-bond acceptors (Lipinski definition) is 5. The van der Waals surface area contributed by atoms with Gasteiger partial charge in [-0.3, -0.25) is 9.69 Å². The number of carbonyl (C=O) groups is 2. The summed E-state index contributed by atoms with van der Waals surface area (Å²) < 4.78 is 11.0. The lowest BCUT2D eigenvalue weighted by Gasteiger charge is -2.21. The molecule has 3 rings (SSSR count). The molecule has 0 unspecified atom stereocenters. The predicted molar refractivity (Wildman–Crippen MR) is 118 cm³/mol. The Hall–Kier alpha value is -2.83. The Kier molecular flexibility index (Phi) is 8.94. The summed E-state index contributed by atoms with van der Waals surface area (Å²) in [6, 6.07) is 9.27. The zero-order valence-electron chi connectivity index (χ0n) is 18.3. The average Bonchev–Trinajstić information content (AvgIpc) is 3.47. The lowest BCUT2D eigenvalue weighted by molar-refractivity contribution is 0.0878. The molecule has 1 saturated heterocycles. The van der Waals surface area contributed by atoms with E-state index in [1.165, 1.54) is 31.9 Å². The molecule has 0 bridgehead atoms. The second kappa shape index (κ2) is 12.1. The molecule has 1 aromatic carbocycles. The summed E-state index contributed by atoms with van der Waals surface area (Å²) in [6.45, 7) is 3.64. The van der Waals surface area contributed by atoms with E-state index in [1.54, 1.807) is 4.90 Å². The Balaban J connectivity index is 1.46. The third-order valence-electron chi connectivity index (χ3n) is 5.55. The highest BCUT2D eigenvalue weighted by atomic mass is 16.6. The van der Waals surface area contributed by atoms with Crippen LogP contribution in [0.2, 0.25) is 0 Å². The van der Waals surface area contributed by atoms with E-state index >= 15 is 0 Å². The predicted octanol–water partition coefficient (Wildman–Crippen LogP) is 5.24. The minimum atomic E-state index is -0.390. The summed E-state index contributed by atoms with van der Waals surface area (Å²) in [6.07, 6.45) is 9.60. The maximum Gasteiger partial charge on any atom is 0.410 e. The van der Waals surface area contributed by atoms with Crippen LogP contribution in [0.4, 0.5) is 4.79 Å². The van der Waals surface area contributed by atoms with Crippen molar-refractivity contribution in [2.75, 3.05) is 13.1 Å². The van der Waals surface area contributed by atoms with Crippen LogP contribution in [0.15, 0.2) is 41.0 Å². The minimum Gasteiger partial charge on any atom is -0.446 e. The summed E-state index contributed by atoms with van der Waals surface area (Å²) >= 11 is 0. The molecule has 1 aromatic heterocycles. The van der Waals surface area contributed by atoms with Gasteiger partial charge in [-0.25, -0.2) is 9.78 Å². The van der Waals surface area contributed by atoms with Crippen LogP contribution >= 0.6 is 0 Å². The fourth-order valence-corrected chi connectivity index (χ4v) is 3.79. The number of aromatic nitrogens is 1. The van der Waals surface area contributed by atoms with E-state index in [-0.39, 0.29) is 24.2 Å². The highest BCUT2D eigenvalue weighted by molar-refractivity contribution is 5.91. The number of rotatable bonds is 11. The maximum absolute atomic E-state index is 12.6. The quantitative estimate of drug-likeness (QED) is 0.496. The second-order valence-corrected chi connectivity index (χ2v) is 7.99. The lowest BCUT2D eigenvalue weighted by Crippen LogP contribution is -2.31. The standard InChI is InChI=1S/C24H33N3O4/c1-2-3-4-5-6-10-15-25-22(28)20-18-30-23(26-20)21-14-11-16-27(21)24(29)31-17-19-12-8-7-9-13-19/h7-9,12-13,18,21H,2-6,10-11,14-17H2,1H3,(H,25,28)/t21-/m0/s1. The summed E-state index contributed by atoms with van der Waals surface area (Å²) in [5.41, 5.74) is 1.19. The highest BCUT2D eigenvalue weighted by Crippen LogP contribution is 2.32. The molecule has 0 saturated carbocycles. The molecular formula is C24H33N3O4. The van der Waals surface area contributed by atoms with Gasteiger partial charge >= 0.3 is 6.09 Å². The van der Waals surface area contributed by atoms with E-state index in [0.717, 1.165) is 31.2 Å². The van der Waals surface area contributed by atoms with Crippen molar-refractivity contribution in [1.82, 2.24) is 15.2 Å². The van der Waals surface area contributed by atoms with Gasteiger partial charge < -0.3 is 14.5 Å². The minimum absolute atomic E-state index is 0.223. The fraction of sp³-hybridized carbons (Fsp3) is 0.542. The fourth-order valence-electron chi connectivity index (χ4n) is 3.79. The van der Waals surface area contributed by atoms with Crippen molar-refractivity contribution in [3.05, 3.63) is 53.7 Å². The second-order valence-electron chi connectivity index (χ2n) is 7.99. The van der Waals surface area contributed by atoms with Gasteiger partial charge in [0.2, 0.25) is 5.89 Å². The van der Waals surface area contributed by atoms with Crippen LogP contribution in [-0.2, 0) is 11.3 Å². The number of unbranched alkanes of at least 4 members (excludes halogenated alkanes) is 5. The molecule has 1 aliphatic heterocycles. The van der Waals surface area contributed by atoms with Gasteiger partial charge in [0.15, 0.2) is 5.69 Å². The molecule has 0 spiro atoms. The van der Waals surface area contributed by atoms with Crippen molar-refractivity contribution in [1.29, 1.82) is 0 Å². The first kappa shape index (κ1) is 22.8. The van der Waals surface area contributed by atoms with Gasteiger partial charge in [-0.1, -0.05) is 69.4 Å². The Morgan fingerprint density at radius 3 is 2.74 bits per heavy atom. The van der Waals surface area contributed by atoms with Gasteiger partial charge in [-0.15, -0.1) is 0 Å². The first-order valence-corrected chi connectivity index (χ1v) is 11.4. The van der Waals surface area contributed by atoms with Gasteiger partial charge in [-0.05, 0) is 24.8 Å². The third-order valence-corrected chi connectivity index (χ3v) is 5.55. The van der Waals surface area contributed by atoms with E-state index in [2.05, 4.69) is 17.2 Å². The van der Waals surface area contributed by atoms with Crippen molar-refractivity contribution in [2.24, 2.45) is 0 Å². The van der Waals surface area contributed by atoms with Crippen LogP contribution in [-0.4, -0.2) is 35.0 Å². The molecule has 2 aromatic rings. The number of benzene rings is 1. The van der Waals surface area contributed by atoms with Crippen molar-refractivity contribution in [3.8, 4) is 0 Å². The molecule has 0 radical (unpaired) electrons. The Morgan fingerprint density at radius 2 is 1.94 bits per heavy atom. The Labute approximate surface area is 184 Å². The number of hydrogen-bond donors (Lipinski definition) is 1. The van der Waals surface area contributed by atoms with Gasteiger partial charge in [0.1, 0.15) is 18.9 Å². The van der Waals surface area contributed by atoms with Crippen molar-refractivity contribution < 1.29 is 18.7 Å². The van der Waals surface area contributed by atoms with Gasteiger partial charge in [0.25, 0.3) is 5.91 Å². The molecule has 2 heterocycles. The molecule has 7 heteroatoms. The zero-order valence-corrected chi connectivity index (χ0v) is 18.3. The monoisotopic (exact) mass is 427 g/mol. The number of ether oxygens (including phenoxy) is 1. The summed E-state index contributed by atoms with van der Waals surface area (Å²) in [4.78, 5) is 30.9. The molecule has 168 valence electrons. The van der Waals surface area contributed by atoms with Crippen molar-refractivity contribution in [3.63, 3.8) is 0 Å². The van der Waals surface area contributed by atoms with Crippen LogP contribution in [0.3, 0.4) is 0 Å². The molecular weight excluding hydrogens is 394 g/mol. The topological polar surface area (TPSA) is 84.7 Å². The molecule has 1 aliphatic rings. The van der Waals surface area contributed by atoms with E-state index in [0.29, 0.717) is 19.0 Å². The smallest absolute Gasteiger partial charge is 0.410 e. The van der Waals surface area contributed by atoms with Crippen molar-refractivity contribution >= 4 is 12.0 Å². The van der Waals surface area contributed by atoms with Gasteiger partial charge in [-0.2, -0.15) is 0 Å². The lowest BCUT2D eigenvalue weighted by atomic mass is 10.1. The first-order valence-electron chi connectivity index (χ1n) is 11.4. The van der Waals surface area contributed by atoms with Crippen LogP contribution in [0.25, 0.3) is 0 Å². The van der Waals surface area contributed by atoms with Gasteiger partial charge in [0, 0.05) is 13.1 Å². The SMILES string of the molecule is CCCCCCCCNC(=O)c1coc([C@@H]2CCCN2C(=O)OCc2ccccc2)n1. The number of nitrogens with one attached hydrogen (secondary N) is 1. The Morgan fingerprint density at radius 1 is 1.16 bits per heavy atom. The van der Waals surface area contributed by atoms with Gasteiger partial charge in [0.05, 0.1) is 0 Å². The molecule has 1 fully saturated rings. The van der Waals surface area contributed by atoms with Crippen LogP contribution in [0.1, 0.15) is 86.3 Å². The number of carbonyl (C=O) groups excluding carboxylic acids is 2. The van der Waals surface area contributed by atoms with Crippen LogP contribution in [0.5, 0.6) is 0 Å². The summed E-state index contributed by atoms with van der Waals surface area (Å²) in [5, 5.41) is 2.90. The third kappa shape index (κ3) is 6.84. The molecule has 7 nitrogen and oxygen atoms in total. The first-order chi connectivity index (χ1) is 15.2. The van der Waals surface area contributed by atoms with E-state index < -0.39 is 6.09 Å². The number of amides is 2. The van der Waals surface area contributed by atoms with Crippen LogP contribution < -0.4 is 5.32 Å². The summed E-state index contributed by atoms with van der Waals surface area (Å²) in [5.74, 6) is 0.152. The number of oxazole rings is 1. The maximum atomic E-state index is 12.6. The van der Waals surface area contributed by atoms with Crippen molar-refractivity contribution in [2.45, 2.75) is 70.9 Å². The molecule has 0 aliphatic carbocycles. The average molecular weight is 428 g/mol. The van der Waals surface area contributed by atoms with E-state index in [1.807, 2.05) is 30.3 Å². The van der Waals surface area contributed by atoms with Crippen LogP contribution in [0, 0.1) is 0 Å². The normalized spacial score (nSPS) is 15.8. The summed E-state index contributed by atoms with van der Waals surface area (Å²) in [7, 11) is 0. The molecule has 31 heavy (non-hydrogen) atoms.